The Morgan fingerprint density at radius 2 is 1.97 bits per heavy atom. The molecule has 4 nitrogen and oxygen atoms in total. The quantitative estimate of drug-likeness (QED) is 0.529. The van der Waals surface area contributed by atoms with Gasteiger partial charge in [-0.15, -0.1) is 0 Å². The molecule has 1 aromatic rings. The third kappa shape index (κ3) is 3.84. The number of ether oxygens (including phenoxy) is 3. The summed E-state index contributed by atoms with van der Waals surface area (Å²) in [6.07, 6.45) is 13.1. The standard InChI is InChI=1S/C27H39NO3/c1-19-11-12-22-26(2,21(19)14-17-29-24-10-6-7-16-28-24)15-13-23-27(22,3)18-30-25(31-23)20-8-4-5-9-20/h6-7,10,16,20-23,25H,1,4-5,8-9,11-15,17-18H2,2-3H3/t21-,22?,23-,25-,26+,27+/m1/s1. The number of rotatable bonds is 5. The van der Waals surface area contributed by atoms with Crippen molar-refractivity contribution < 1.29 is 14.2 Å². The number of hydrogen-bond donors (Lipinski definition) is 0. The van der Waals surface area contributed by atoms with Gasteiger partial charge in [-0.25, -0.2) is 4.98 Å². The topological polar surface area (TPSA) is 40.6 Å². The Labute approximate surface area is 187 Å². The Kier molecular flexibility index (Phi) is 5.89. The van der Waals surface area contributed by atoms with Crippen LogP contribution in [0.3, 0.4) is 0 Å². The van der Waals surface area contributed by atoms with Crippen LogP contribution in [0.25, 0.3) is 0 Å². The Balaban J connectivity index is 1.29. The van der Waals surface area contributed by atoms with Crippen LogP contribution >= 0.6 is 0 Å². The molecule has 3 aliphatic carbocycles. The van der Waals surface area contributed by atoms with E-state index in [1.807, 2.05) is 18.2 Å². The smallest absolute Gasteiger partial charge is 0.213 e. The maximum Gasteiger partial charge on any atom is 0.213 e. The molecule has 4 fully saturated rings. The first-order valence-corrected chi connectivity index (χ1v) is 12.5. The van der Waals surface area contributed by atoms with Crippen molar-refractivity contribution >= 4 is 0 Å². The summed E-state index contributed by atoms with van der Waals surface area (Å²) in [4.78, 5) is 4.31. The Hall–Kier alpha value is -1.39. The van der Waals surface area contributed by atoms with Crippen molar-refractivity contribution in [2.45, 2.75) is 84.0 Å². The number of pyridine rings is 1. The zero-order valence-corrected chi connectivity index (χ0v) is 19.4. The van der Waals surface area contributed by atoms with Crippen LogP contribution in [0.1, 0.15) is 71.6 Å². The van der Waals surface area contributed by atoms with Gasteiger partial charge < -0.3 is 14.2 Å². The average Bonchev–Trinajstić information content (AvgIpc) is 3.31. The van der Waals surface area contributed by atoms with Gasteiger partial charge in [0.2, 0.25) is 5.88 Å². The molecule has 0 amide bonds. The zero-order valence-electron chi connectivity index (χ0n) is 19.4. The van der Waals surface area contributed by atoms with E-state index in [1.165, 1.54) is 44.1 Å². The summed E-state index contributed by atoms with van der Waals surface area (Å²) in [5.74, 6) is 2.42. The van der Waals surface area contributed by atoms with Crippen molar-refractivity contribution in [2.75, 3.05) is 13.2 Å². The van der Waals surface area contributed by atoms with E-state index in [9.17, 15) is 0 Å². The average molecular weight is 426 g/mol. The lowest BCUT2D eigenvalue weighted by Gasteiger charge is -2.63. The Morgan fingerprint density at radius 1 is 1.13 bits per heavy atom. The SMILES string of the molecule is C=C1CCC2[C@]3(C)CO[C@@H](C4CCCC4)O[C@@H]3CC[C@@]2(C)[C@@H]1CCOc1ccccn1. The van der Waals surface area contributed by atoms with Crippen LogP contribution < -0.4 is 4.74 Å². The lowest BCUT2D eigenvalue weighted by molar-refractivity contribution is -0.316. The lowest BCUT2D eigenvalue weighted by atomic mass is 9.46. The van der Waals surface area contributed by atoms with Crippen molar-refractivity contribution in [1.82, 2.24) is 4.98 Å². The molecule has 31 heavy (non-hydrogen) atoms. The molecule has 0 N–H and O–H groups in total. The van der Waals surface area contributed by atoms with Gasteiger partial charge in [0.1, 0.15) is 0 Å². The van der Waals surface area contributed by atoms with Gasteiger partial charge in [-0.1, -0.05) is 44.9 Å². The predicted molar refractivity (Wildman–Crippen MR) is 122 cm³/mol. The fourth-order valence-corrected chi connectivity index (χ4v) is 7.57. The van der Waals surface area contributed by atoms with Gasteiger partial charge in [-0.3, -0.25) is 0 Å². The van der Waals surface area contributed by atoms with E-state index in [0.29, 0.717) is 36.3 Å². The molecule has 5 rings (SSSR count). The number of nitrogens with zero attached hydrogens (tertiary/aromatic N) is 1. The summed E-state index contributed by atoms with van der Waals surface area (Å²) in [7, 11) is 0. The van der Waals surface area contributed by atoms with Crippen LogP contribution in [0.5, 0.6) is 5.88 Å². The Morgan fingerprint density at radius 3 is 2.74 bits per heavy atom. The number of allylic oxidation sites excluding steroid dienone is 1. The molecule has 0 aromatic carbocycles. The van der Waals surface area contributed by atoms with Crippen molar-refractivity contribution in [2.24, 2.45) is 28.6 Å². The first-order valence-electron chi connectivity index (χ1n) is 12.5. The van der Waals surface area contributed by atoms with Crippen LogP contribution in [0.15, 0.2) is 36.5 Å². The highest BCUT2D eigenvalue weighted by Gasteiger charge is 2.60. The van der Waals surface area contributed by atoms with E-state index in [1.54, 1.807) is 6.20 Å². The van der Waals surface area contributed by atoms with Crippen LogP contribution in [-0.2, 0) is 9.47 Å². The molecule has 2 heterocycles. The highest BCUT2D eigenvalue weighted by atomic mass is 16.7. The van der Waals surface area contributed by atoms with Crippen molar-refractivity contribution in [3.63, 3.8) is 0 Å². The molecule has 1 saturated heterocycles. The number of aromatic nitrogens is 1. The summed E-state index contributed by atoms with van der Waals surface area (Å²) >= 11 is 0. The van der Waals surface area contributed by atoms with E-state index in [2.05, 4.69) is 25.4 Å². The summed E-state index contributed by atoms with van der Waals surface area (Å²) in [5, 5.41) is 0. The van der Waals surface area contributed by atoms with E-state index in [4.69, 9.17) is 14.2 Å². The molecular weight excluding hydrogens is 386 g/mol. The predicted octanol–water partition coefficient (Wildman–Crippen LogP) is 6.17. The normalized spacial score (nSPS) is 40.9. The monoisotopic (exact) mass is 425 g/mol. The number of hydrogen-bond acceptors (Lipinski definition) is 4. The molecule has 0 spiro atoms. The van der Waals surface area contributed by atoms with E-state index in [0.717, 1.165) is 25.9 Å². The van der Waals surface area contributed by atoms with Crippen molar-refractivity contribution in [3.8, 4) is 5.88 Å². The lowest BCUT2D eigenvalue weighted by Crippen LogP contribution is -2.62. The summed E-state index contributed by atoms with van der Waals surface area (Å²) in [6.45, 7) is 11.0. The molecule has 1 aliphatic heterocycles. The van der Waals surface area contributed by atoms with Crippen LogP contribution in [0.4, 0.5) is 0 Å². The third-order valence-electron chi connectivity index (χ3n) is 9.25. The molecule has 0 radical (unpaired) electrons. The van der Waals surface area contributed by atoms with Crippen LogP contribution in [0, 0.1) is 28.6 Å². The fourth-order valence-electron chi connectivity index (χ4n) is 7.57. The van der Waals surface area contributed by atoms with E-state index < -0.39 is 0 Å². The maximum absolute atomic E-state index is 6.69. The van der Waals surface area contributed by atoms with Gasteiger partial charge in [-0.2, -0.15) is 0 Å². The van der Waals surface area contributed by atoms with Gasteiger partial charge in [0.25, 0.3) is 0 Å². The highest BCUT2D eigenvalue weighted by molar-refractivity contribution is 5.18. The van der Waals surface area contributed by atoms with Gasteiger partial charge in [0, 0.05) is 23.6 Å². The second kappa shape index (κ2) is 8.51. The second-order valence-corrected chi connectivity index (χ2v) is 11.0. The minimum atomic E-state index is 0.0334. The van der Waals surface area contributed by atoms with E-state index in [-0.39, 0.29) is 17.1 Å². The van der Waals surface area contributed by atoms with Gasteiger partial charge in [0.15, 0.2) is 6.29 Å². The highest BCUT2D eigenvalue weighted by Crippen LogP contribution is 2.63. The van der Waals surface area contributed by atoms with Crippen molar-refractivity contribution in [3.05, 3.63) is 36.5 Å². The van der Waals surface area contributed by atoms with Gasteiger partial charge in [-0.05, 0) is 68.3 Å². The Bertz CT molecular complexity index is 776. The first-order chi connectivity index (χ1) is 15.0. The second-order valence-electron chi connectivity index (χ2n) is 11.0. The molecule has 4 aliphatic rings. The minimum absolute atomic E-state index is 0.0334. The first kappa shape index (κ1) is 21.5. The summed E-state index contributed by atoms with van der Waals surface area (Å²) < 4.78 is 19.1. The number of fused-ring (bicyclic) bond motifs is 3. The summed E-state index contributed by atoms with van der Waals surface area (Å²) in [6, 6.07) is 5.83. The minimum Gasteiger partial charge on any atom is -0.478 e. The zero-order chi connectivity index (χ0) is 21.5. The molecule has 3 saturated carbocycles. The van der Waals surface area contributed by atoms with Crippen molar-refractivity contribution in [1.29, 1.82) is 0 Å². The van der Waals surface area contributed by atoms with Crippen LogP contribution in [0.2, 0.25) is 0 Å². The van der Waals surface area contributed by atoms with Crippen LogP contribution in [-0.4, -0.2) is 30.6 Å². The summed E-state index contributed by atoms with van der Waals surface area (Å²) in [5.41, 5.74) is 1.75. The van der Waals surface area contributed by atoms with Gasteiger partial charge >= 0.3 is 0 Å². The molecule has 170 valence electrons. The molecule has 6 atom stereocenters. The fraction of sp³-hybridized carbons (Fsp3) is 0.741. The third-order valence-corrected chi connectivity index (χ3v) is 9.25. The molecular formula is C27H39NO3. The molecule has 1 aromatic heterocycles. The molecule has 0 bridgehead atoms. The largest absolute Gasteiger partial charge is 0.478 e. The maximum atomic E-state index is 6.69. The van der Waals surface area contributed by atoms with E-state index >= 15 is 0 Å². The molecule has 1 unspecified atom stereocenters. The van der Waals surface area contributed by atoms with Gasteiger partial charge in [0.05, 0.1) is 19.3 Å². The molecule has 4 heteroatoms.